The highest BCUT2D eigenvalue weighted by molar-refractivity contribution is 6.18. The summed E-state index contributed by atoms with van der Waals surface area (Å²) in [6.07, 6.45) is -2.34. The molecular formula is C15H16ClF2N. The molecule has 0 heterocycles. The third-order valence-corrected chi connectivity index (χ3v) is 3.24. The fourth-order valence-electron chi connectivity index (χ4n) is 2.22. The predicted molar refractivity (Wildman–Crippen MR) is 75.9 cm³/mol. The van der Waals surface area contributed by atoms with Crippen LogP contribution in [0.2, 0.25) is 0 Å². The Hall–Kier alpha value is -1.19. The maximum absolute atomic E-state index is 12.5. The van der Waals surface area contributed by atoms with Crippen LogP contribution < -0.4 is 0 Å². The molecule has 0 amide bonds. The number of alkyl halides is 3. The Labute approximate surface area is 116 Å². The summed E-state index contributed by atoms with van der Waals surface area (Å²) in [7, 11) is 0. The van der Waals surface area contributed by atoms with Gasteiger partial charge in [-0.05, 0) is 16.3 Å². The molecule has 0 radical (unpaired) electrons. The molecule has 2 aromatic rings. The van der Waals surface area contributed by atoms with Gasteiger partial charge in [0.15, 0.2) is 0 Å². The molecule has 0 fully saturated rings. The van der Waals surface area contributed by atoms with E-state index in [0.717, 1.165) is 16.3 Å². The van der Waals surface area contributed by atoms with E-state index in [0.29, 0.717) is 19.0 Å². The van der Waals surface area contributed by atoms with Gasteiger partial charge in [0.1, 0.15) is 0 Å². The molecule has 0 aliphatic heterocycles. The van der Waals surface area contributed by atoms with E-state index in [2.05, 4.69) is 0 Å². The zero-order valence-corrected chi connectivity index (χ0v) is 11.3. The lowest BCUT2D eigenvalue weighted by Gasteiger charge is -2.21. The van der Waals surface area contributed by atoms with Gasteiger partial charge in [-0.2, -0.15) is 0 Å². The molecule has 19 heavy (non-hydrogen) atoms. The SMILES string of the molecule is FC(F)CN(CCCl)Cc1cccc2ccccc12. The lowest BCUT2D eigenvalue weighted by molar-refractivity contribution is 0.0880. The molecule has 2 aromatic carbocycles. The molecule has 0 atom stereocenters. The van der Waals surface area contributed by atoms with Crippen LogP contribution in [0.5, 0.6) is 0 Å². The van der Waals surface area contributed by atoms with Crippen LogP contribution >= 0.6 is 11.6 Å². The van der Waals surface area contributed by atoms with Crippen LogP contribution in [-0.2, 0) is 6.54 Å². The number of hydrogen-bond donors (Lipinski definition) is 0. The Morgan fingerprint density at radius 1 is 1.05 bits per heavy atom. The second-order valence-corrected chi connectivity index (χ2v) is 4.83. The van der Waals surface area contributed by atoms with Gasteiger partial charge in [0.25, 0.3) is 6.43 Å². The molecule has 1 nitrogen and oxygen atoms in total. The van der Waals surface area contributed by atoms with Gasteiger partial charge in [0.2, 0.25) is 0 Å². The monoisotopic (exact) mass is 283 g/mol. The van der Waals surface area contributed by atoms with Crippen molar-refractivity contribution in [3.63, 3.8) is 0 Å². The first-order chi connectivity index (χ1) is 9.20. The van der Waals surface area contributed by atoms with Crippen LogP contribution in [0.15, 0.2) is 42.5 Å². The minimum atomic E-state index is -2.34. The van der Waals surface area contributed by atoms with Crippen molar-refractivity contribution >= 4 is 22.4 Å². The first kappa shape index (κ1) is 14.2. The second-order valence-electron chi connectivity index (χ2n) is 4.45. The normalized spacial score (nSPS) is 11.6. The fraction of sp³-hybridized carbons (Fsp3) is 0.333. The van der Waals surface area contributed by atoms with E-state index in [4.69, 9.17) is 11.6 Å². The summed E-state index contributed by atoms with van der Waals surface area (Å²) in [5.41, 5.74) is 1.06. The smallest absolute Gasteiger partial charge is 0.251 e. The molecule has 0 saturated carbocycles. The number of benzene rings is 2. The zero-order chi connectivity index (χ0) is 13.7. The van der Waals surface area contributed by atoms with Gasteiger partial charge < -0.3 is 0 Å². The Bertz CT molecular complexity index is 525. The Kier molecular flexibility index (Phi) is 5.11. The maximum atomic E-state index is 12.5. The number of nitrogens with zero attached hydrogens (tertiary/aromatic N) is 1. The van der Waals surface area contributed by atoms with E-state index in [-0.39, 0.29) is 6.54 Å². The van der Waals surface area contributed by atoms with Crippen LogP contribution in [0.3, 0.4) is 0 Å². The highest BCUT2D eigenvalue weighted by atomic mass is 35.5. The van der Waals surface area contributed by atoms with E-state index in [1.807, 2.05) is 42.5 Å². The van der Waals surface area contributed by atoms with E-state index >= 15 is 0 Å². The minimum absolute atomic E-state index is 0.240. The summed E-state index contributed by atoms with van der Waals surface area (Å²) < 4.78 is 25.1. The van der Waals surface area contributed by atoms with E-state index < -0.39 is 6.43 Å². The summed E-state index contributed by atoms with van der Waals surface area (Å²) >= 11 is 5.68. The number of fused-ring (bicyclic) bond motifs is 1. The largest absolute Gasteiger partial charge is 0.292 e. The molecule has 102 valence electrons. The molecule has 0 unspecified atom stereocenters. The summed E-state index contributed by atoms with van der Waals surface area (Å²) in [5, 5.41) is 2.24. The van der Waals surface area contributed by atoms with Crippen LogP contribution in [-0.4, -0.2) is 30.3 Å². The standard InChI is InChI=1S/C15H16ClF2N/c16-8-9-19(11-15(17)18)10-13-6-3-5-12-4-1-2-7-14(12)13/h1-7,15H,8-11H2. The van der Waals surface area contributed by atoms with Crippen molar-refractivity contribution in [3.8, 4) is 0 Å². The van der Waals surface area contributed by atoms with Crippen LogP contribution in [0.1, 0.15) is 5.56 Å². The van der Waals surface area contributed by atoms with Crippen molar-refractivity contribution in [1.29, 1.82) is 0 Å². The lowest BCUT2D eigenvalue weighted by Crippen LogP contribution is -2.30. The van der Waals surface area contributed by atoms with Crippen LogP contribution in [0.4, 0.5) is 8.78 Å². The Balaban J connectivity index is 2.23. The van der Waals surface area contributed by atoms with Crippen molar-refractivity contribution < 1.29 is 8.78 Å². The van der Waals surface area contributed by atoms with E-state index in [1.54, 1.807) is 4.90 Å². The summed E-state index contributed by atoms with van der Waals surface area (Å²) in [5.74, 6) is 0.359. The topological polar surface area (TPSA) is 3.24 Å². The number of halogens is 3. The molecule has 0 saturated heterocycles. The number of hydrogen-bond acceptors (Lipinski definition) is 1. The molecule has 4 heteroatoms. The van der Waals surface area contributed by atoms with Crippen molar-refractivity contribution in [1.82, 2.24) is 4.90 Å². The van der Waals surface area contributed by atoms with Crippen molar-refractivity contribution in [3.05, 3.63) is 48.0 Å². The van der Waals surface area contributed by atoms with Gasteiger partial charge in [-0.15, -0.1) is 11.6 Å². The van der Waals surface area contributed by atoms with Crippen LogP contribution in [0.25, 0.3) is 10.8 Å². The van der Waals surface area contributed by atoms with Crippen LogP contribution in [0, 0.1) is 0 Å². The minimum Gasteiger partial charge on any atom is -0.292 e. The first-order valence-electron chi connectivity index (χ1n) is 6.24. The third-order valence-electron chi connectivity index (χ3n) is 3.07. The quantitative estimate of drug-likeness (QED) is 0.720. The second kappa shape index (κ2) is 6.83. The molecule has 0 N–H and O–H groups in total. The summed E-state index contributed by atoms with van der Waals surface area (Å²) in [6, 6.07) is 13.9. The molecule has 0 spiro atoms. The van der Waals surface area contributed by atoms with Crippen molar-refractivity contribution in [2.75, 3.05) is 19.0 Å². The number of rotatable bonds is 6. The van der Waals surface area contributed by atoms with Gasteiger partial charge in [-0.3, -0.25) is 4.90 Å². The van der Waals surface area contributed by atoms with Crippen molar-refractivity contribution in [2.24, 2.45) is 0 Å². The van der Waals surface area contributed by atoms with Crippen molar-refractivity contribution in [2.45, 2.75) is 13.0 Å². The van der Waals surface area contributed by atoms with Gasteiger partial charge in [-0.1, -0.05) is 42.5 Å². The van der Waals surface area contributed by atoms with E-state index in [1.165, 1.54) is 0 Å². The predicted octanol–water partition coefficient (Wildman–Crippen LogP) is 4.15. The first-order valence-corrected chi connectivity index (χ1v) is 6.77. The lowest BCUT2D eigenvalue weighted by atomic mass is 10.0. The Morgan fingerprint density at radius 2 is 1.79 bits per heavy atom. The fourth-order valence-corrected chi connectivity index (χ4v) is 2.46. The highest BCUT2D eigenvalue weighted by Crippen LogP contribution is 2.20. The highest BCUT2D eigenvalue weighted by Gasteiger charge is 2.13. The average Bonchev–Trinajstić information content (AvgIpc) is 2.39. The average molecular weight is 284 g/mol. The van der Waals surface area contributed by atoms with Gasteiger partial charge in [0.05, 0.1) is 6.54 Å². The third kappa shape index (κ3) is 3.88. The molecule has 0 aliphatic rings. The zero-order valence-electron chi connectivity index (χ0n) is 10.5. The molecule has 0 bridgehead atoms. The van der Waals surface area contributed by atoms with Gasteiger partial charge in [0, 0.05) is 19.0 Å². The Morgan fingerprint density at radius 3 is 2.53 bits per heavy atom. The van der Waals surface area contributed by atoms with E-state index in [9.17, 15) is 8.78 Å². The van der Waals surface area contributed by atoms with Gasteiger partial charge >= 0.3 is 0 Å². The summed E-state index contributed by atoms with van der Waals surface area (Å²) in [4.78, 5) is 1.69. The molecule has 2 rings (SSSR count). The molecule has 0 aliphatic carbocycles. The van der Waals surface area contributed by atoms with Gasteiger partial charge in [-0.25, -0.2) is 8.78 Å². The molecular weight excluding hydrogens is 268 g/mol. The maximum Gasteiger partial charge on any atom is 0.251 e. The summed E-state index contributed by atoms with van der Waals surface area (Å²) in [6.45, 7) is 0.726. The molecule has 0 aromatic heterocycles.